The minimum atomic E-state index is -2.86. The fourth-order valence-electron chi connectivity index (χ4n) is 5.64. The number of aryl methyl sites for hydroxylation is 2. The Kier molecular flexibility index (Phi) is 8.93. The van der Waals surface area contributed by atoms with Gasteiger partial charge in [0.2, 0.25) is 11.9 Å². The van der Waals surface area contributed by atoms with Crippen LogP contribution in [0.25, 0.3) is 11.3 Å². The summed E-state index contributed by atoms with van der Waals surface area (Å²) in [7, 11) is 1.43. The van der Waals surface area contributed by atoms with Gasteiger partial charge in [-0.15, -0.1) is 16.9 Å². The highest BCUT2D eigenvalue weighted by Gasteiger charge is 2.53. The standard InChI is InChI=1S/C28H34F3N5O5S/c1-15-5-4-10-32-20(15)24(27(39)6-8-28(30,31)9-7-27)42-26-23(40-3)21(22(38)19(14-37)41-26)36-13-18(34-35-36)17-11-16(2)25(29)33-12-17/h4-5,10-13,19,21-24,26,37-39H,6-9,14H2,1-3H3/t19-,21+,22+,23-,24-,26+/m1/s1. The summed E-state index contributed by atoms with van der Waals surface area (Å²) in [5.74, 6) is -3.46. The molecule has 4 heterocycles. The van der Waals surface area contributed by atoms with E-state index in [0.717, 1.165) is 17.3 Å². The van der Waals surface area contributed by atoms with E-state index in [1.165, 1.54) is 18.0 Å². The van der Waals surface area contributed by atoms with Crippen molar-refractivity contribution in [1.29, 1.82) is 0 Å². The zero-order chi connectivity index (χ0) is 30.2. The molecule has 42 heavy (non-hydrogen) atoms. The molecule has 2 aliphatic rings. The third-order valence-electron chi connectivity index (χ3n) is 8.13. The van der Waals surface area contributed by atoms with Gasteiger partial charge in [0.15, 0.2) is 0 Å². The van der Waals surface area contributed by atoms with Crippen molar-refractivity contribution in [3.05, 3.63) is 59.6 Å². The Morgan fingerprint density at radius 1 is 1.19 bits per heavy atom. The van der Waals surface area contributed by atoms with E-state index in [2.05, 4.69) is 20.3 Å². The Bertz CT molecular complexity index is 1390. The van der Waals surface area contributed by atoms with Crippen LogP contribution in [0.1, 0.15) is 53.8 Å². The van der Waals surface area contributed by atoms with Gasteiger partial charge in [-0.2, -0.15) is 4.39 Å². The predicted molar refractivity (Wildman–Crippen MR) is 147 cm³/mol. The van der Waals surface area contributed by atoms with Gasteiger partial charge in [-0.05, 0) is 44.4 Å². The molecule has 228 valence electrons. The molecule has 0 aromatic carbocycles. The van der Waals surface area contributed by atoms with Crippen LogP contribution in [-0.4, -0.2) is 89.3 Å². The number of pyridine rings is 2. The molecular weight excluding hydrogens is 575 g/mol. The molecule has 2 fully saturated rings. The number of alkyl halides is 2. The maximum atomic E-state index is 14.1. The molecule has 3 aromatic rings. The number of halogens is 3. The third-order valence-corrected chi connectivity index (χ3v) is 9.71. The molecule has 1 aliphatic carbocycles. The lowest BCUT2D eigenvalue weighted by Crippen LogP contribution is -2.56. The van der Waals surface area contributed by atoms with Gasteiger partial charge in [0.25, 0.3) is 0 Å². The van der Waals surface area contributed by atoms with Crippen LogP contribution in [0.3, 0.4) is 0 Å². The van der Waals surface area contributed by atoms with Gasteiger partial charge in [0, 0.05) is 43.5 Å². The summed E-state index contributed by atoms with van der Waals surface area (Å²) in [5, 5.41) is 40.8. The van der Waals surface area contributed by atoms with E-state index in [0.29, 0.717) is 22.5 Å². The zero-order valence-corrected chi connectivity index (χ0v) is 24.2. The second-order valence-electron chi connectivity index (χ2n) is 11.0. The van der Waals surface area contributed by atoms with Gasteiger partial charge in [0.05, 0.1) is 29.3 Å². The third kappa shape index (κ3) is 6.06. The molecule has 1 aliphatic heterocycles. The van der Waals surface area contributed by atoms with Gasteiger partial charge in [-0.1, -0.05) is 11.3 Å². The molecule has 0 spiro atoms. The lowest BCUT2D eigenvalue weighted by molar-refractivity contribution is -0.186. The van der Waals surface area contributed by atoms with Crippen molar-refractivity contribution in [1.82, 2.24) is 25.0 Å². The highest BCUT2D eigenvalue weighted by atomic mass is 32.2. The average Bonchev–Trinajstić information content (AvgIpc) is 3.45. The normalized spacial score (nSPS) is 28.0. The van der Waals surface area contributed by atoms with Gasteiger partial charge >= 0.3 is 0 Å². The summed E-state index contributed by atoms with van der Waals surface area (Å²) in [6.07, 6.45) is 0.0335. The highest BCUT2D eigenvalue weighted by molar-refractivity contribution is 8.00. The largest absolute Gasteiger partial charge is 0.394 e. The van der Waals surface area contributed by atoms with E-state index in [9.17, 15) is 28.5 Å². The van der Waals surface area contributed by atoms with Crippen molar-refractivity contribution in [3.8, 4) is 11.3 Å². The van der Waals surface area contributed by atoms with Crippen LogP contribution < -0.4 is 0 Å². The van der Waals surface area contributed by atoms with Crippen molar-refractivity contribution in [3.63, 3.8) is 0 Å². The first-order chi connectivity index (χ1) is 20.0. The Morgan fingerprint density at radius 2 is 1.93 bits per heavy atom. The summed E-state index contributed by atoms with van der Waals surface area (Å²) >= 11 is 1.16. The van der Waals surface area contributed by atoms with Crippen LogP contribution in [0.4, 0.5) is 13.2 Å². The molecule has 1 saturated carbocycles. The number of aliphatic hydroxyl groups is 3. The molecule has 1 saturated heterocycles. The van der Waals surface area contributed by atoms with E-state index in [4.69, 9.17) is 9.47 Å². The molecule has 6 atom stereocenters. The smallest absolute Gasteiger partial charge is 0.248 e. The molecule has 3 aromatic heterocycles. The maximum Gasteiger partial charge on any atom is 0.248 e. The Balaban J connectivity index is 1.50. The highest BCUT2D eigenvalue weighted by Crippen LogP contribution is 2.53. The molecular formula is C28H34F3N5O5S. The average molecular weight is 610 g/mol. The maximum absolute atomic E-state index is 14.1. The minimum Gasteiger partial charge on any atom is -0.394 e. The summed E-state index contributed by atoms with van der Waals surface area (Å²) in [5.41, 5.74) is 0.103. The summed E-state index contributed by atoms with van der Waals surface area (Å²) in [6, 6.07) is 4.26. The number of rotatable bonds is 8. The molecule has 0 bridgehead atoms. The summed E-state index contributed by atoms with van der Waals surface area (Å²) < 4.78 is 55.4. The molecule has 0 amide bonds. The predicted octanol–water partition coefficient (Wildman–Crippen LogP) is 3.54. The van der Waals surface area contributed by atoms with Crippen LogP contribution in [0, 0.1) is 19.8 Å². The van der Waals surface area contributed by atoms with E-state index in [1.54, 1.807) is 31.5 Å². The summed E-state index contributed by atoms with van der Waals surface area (Å²) in [6.45, 7) is 2.88. The van der Waals surface area contributed by atoms with Crippen LogP contribution in [0.5, 0.6) is 0 Å². The zero-order valence-electron chi connectivity index (χ0n) is 23.4. The van der Waals surface area contributed by atoms with Gasteiger partial charge in [0.1, 0.15) is 35.5 Å². The van der Waals surface area contributed by atoms with Crippen molar-refractivity contribution < 1.29 is 38.0 Å². The van der Waals surface area contributed by atoms with Crippen molar-refractivity contribution >= 4 is 11.8 Å². The molecule has 3 N–H and O–H groups in total. The monoisotopic (exact) mass is 609 g/mol. The molecule has 0 unspecified atom stereocenters. The lowest BCUT2D eigenvalue weighted by atomic mass is 9.79. The number of ether oxygens (including phenoxy) is 2. The van der Waals surface area contributed by atoms with E-state index in [1.807, 2.05) is 13.0 Å². The molecule has 5 rings (SSSR count). The topological polar surface area (TPSA) is 136 Å². The SMILES string of the molecule is CO[C@@H]1[C@@H](n2cc(-c3cnc(F)c(C)c3)nn2)[C@@H](O)[C@@H](CO)O[C@H]1S[C@H](c1ncccc1C)C1(O)CCC(F)(F)CC1. The minimum absolute atomic E-state index is 0.148. The van der Waals surface area contributed by atoms with Gasteiger partial charge in [-0.3, -0.25) is 4.98 Å². The van der Waals surface area contributed by atoms with E-state index in [-0.39, 0.29) is 12.8 Å². The Labute approximate surface area is 245 Å². The quantitative estimate of drug-likeness (QED) is 0.326. The Morgan fingerprint density at radius 3 is 2.57 bits per heavy atom. The first-order valence-electron chi connectivity index (χ1n) is 13.6. The van der Waals surface area contributed by atoms with Crippen LogP contribution in [-0.2, 0) is 9.47 Å². The van der Waals surface area contributed by atoms with Crippen LogP contribution in [0.15, 0.2) is 36.8 Å². The number of methoxy groups -OCH3 is 1. The van der Waals surface area contributed by atoms with Crippen LogP contribution >= 0.6 is 11.8 Å². The van der Waals surface area contributed by atoms with Gasteiger partial charge in [-0.25, -0.2) is 18.4 Å². The number of hydrogen-bond acceptors (Lipinski definition) is 10. The second-order valence-corrected chi connectivity index (χ2v) is 12.2. The first-order valence-corrected chi connectivity index (χ1v) is 14.6. The van der Waals surface area contributed by atoms with Crippen LogP contribution in [0.2, 0.25) is 0 Å². The fraction of sp³-hybridized carbons (Fsp3) is 0.571. The number of thioether (sulfide) groups is 1. The van der Waals surface area contributed by atoms with Crippen molar-refractivity contribution in [2.45, 2.75) is 86.1 Å². The number of aliphatic hydroxyl groups excluding tert-OH is 2. The van der Waals surface area contributed by atoms with Gasteiger partial charge < -0.3 is 24.8 Å². The number of aromatic nitrogens is 5. The molecule has 0 radical (unpaired) electrons. The lowest BCUT2D eigenvalue weighted by Gasteiger charge is -2.47. The fourth-order valence-corrected chi connectivity index (χ4v) is 7.41. The molecule has 14 heteroatoms. The van der Waals surface area contributed by atoms with Crippen molar-refractivity contribution in [2.24, 2.45) is 0 Å². The molecule has 10 nitrogen and oxygen atoms in total. The first kappa shape index (κ1) is 30.8. The second kappa shape index (κ2) is 12.2. The number of hydrogen-bond donors (Lipinski definition) is 3. The Hall–Kier alpha value is -2.62. The number of nitrogens with zero attached hydrogens (tertiary/aromatic N) is 5. The van der Waals surface area contributed by atoms with Crippen molar-refractivity contribution in [2.75, 3.05) is 13.7 Å². The van der Waals surface area contributed by atoms with E-state index >= 15 is 0 Å². The summed E-state index contributed by atoms with van der Waals surface area (Å²) in [4.78, 5) is 8.25. The van der Waals surface area contributed by atoms with E-state index < -0.39 is 72.0 Å².